The maximum Gasteiger partial charge on any atom is 0.220 e. The number of carbonyl (C=O) groups excluding carboxylic acids is 1. The number of piperidine rings is 1. The summed E-state index contributed by atoms with van der Waals surface area (Å²) in [6, 6.07) is 6.93. The molecular weight excluding hydrogens is 279 g/mol. The van der Waals surface area contributed by atoms with Gasteiger partial charge in [0.1, 0.15) is 5.82 Å². The first-order chi connectivity index (χ1) is 9.16. The first-order valence-electron chi connectivity index (χ1n) is 6.91. The van der Waals surface area contributed by atoms with Crippen LogP contribution in [0.5, 0.6) is 0 Å². The summed E-state index contributed by atoms with van der Waals surface area (Å²) >= 11 is 0. The van der Waals surface area contributed by atoms with Gasteiger partial charge < -0.3 is 10.6 Å². The van der Waals surface area contributed by atoms with E-state index in [0.29, 0.717) is 12.0 Å². The third-order valence-electron chi connectivity index (χ3n) is 3.63. The average Bonchev–Trinajstić information content (AvgIpc) is 2.40. The van der Waals surface area contributed by atoms with E-state index in [4.69, 9.17) is 0 Å². The van der Waals surface area contributed by atoms with Crippen LogP contribution in [0.3, 0.4) is 0 Å². The Balaban J connectivity index is 0.00000200. The Morgan fingerprint density at radius 2 is 2.05 bits per heavy atom. The summed E-state index contributed by atoms with van der Waals surface area (Å²) in [6.07, 6.45) is 2.28. The Labute approximate surface area is 125 Å². The molecule has 20 heavy (non-hydrogen) atoms. The predicted molar refractivity (Wildman–Crippen MR) is 80.7 cm³/mol. The number of rotatable bonds is 4. The standard InChI is InChI=1S/C15H21FN2O.ClH/c1-11(13-4-2-3-5-14(13)16)10-15(19)18-12-6-8-17-9-7-12;/h2-5,11-12,17H,6-10H2,1H3,(H,18,19);1H. The van der Waals surface area contributed by atoms with E-state index in [1.807, 2.05) is 6.92 Å². The van der Waals surface area contributed by atoms with Crippen LogP contribution in [0.2, 0.25) is 0 Å². The second-order valence-corrected chi connectivity index (χ2v) is 5.22. The van der Waals surface area contributed by atoms with E-state index in [-0.39, 0.29) is 36.1 Å². The number of hydrogen-bond donors (Lipinski definition) is 2. The molecule has 0 spiro atoms. The van der Waals surface area contributed by atoms with Crippen molar-refractivity contribution in [2.24, 2.45) is 0 Å². The number of hydrogen-bond acceptors (Lipinski definition) is 2. The van der Waals surface area contributed by atoms with Gasteiger partial charge in [-0.3, -0.25) is 4.79 Å². The zero-order chi connectivity index (χ0) is 13.7. The number of benzene rings is 1. The molecule has 1 fully saturated rings. The van der Waals surface area contributed by atoms with Gasteiger partial charge in [-0.05, 0) is 43.5 Å². The van der Waals surface area contributed by atoms with Gasteiger partial charge in [-0.2, -0.15) is 0 Å². The SMILES string of the molecule is CC(CC(=O)NC1CCNCC1)c1ccccc1F.Cl. The van der Waals surface area contributed by atoms with Crippen LogP contribution >= 0.6 is 12.4 Å². The molecule has 5 heteroatoms. The largest absolute Gasteiger partial charge is 0.353 e. The van der Waals surface area contributed by atoms with Crippen LogP contribution in [-0.4, -0.2) is 25.0 Å². The Morgan fingerprint density at radius 3 is 2.70 bits per heavy atom. The van der Waals surface area contributed by atoms with Gasteiger partial charge in [-0.15, -0.1) is 12.4 Å². The Kier molecular flexibility index (Phi) is 6.96. The molecule has 1 aliphatic heterocycles. The van der Waals surface area contributed by atoms with E-state index in [1.165, 1.54) is 6.07 Å². The Bertz CT molecular complexity index is 436. The van der Waals surface area contributed by atoms with E-state index in [9.17, 15) is 9.18 Å². The average molecular weight is 301 g/mol. The van der Waals surface area contributed by atoms with Crippen LogP contribution in [-0.2, 0) is 4.79 Å². The molecule has 1 aliphatic rings. The molecule has 0 bridgehead atoms. The summed E-state index contributed by atoms with van der Waals surface area (Å²) in [5.74, 6) is -0.310. The lowest BCUT2D eigenvalue weighted by atomic mass is 9.96. The van der Waals surface area contributed by atoms with Crippen LogP contribution in [0.25, 0.3) is 0 Å². The van der Waals surface area contributed by atoms with Crippen LogP contribution in [0.1, 0.15) is 37.7 Å². The molecule has 2 N–H and O–H groups in total. The molecule has 0 radical (unpaired) electrons. The third kappa shape index (κ3) is 4.76. The zero-order valence-electron chi connectivity index (χ0n) is 11.7. The quantitative estimate of drug-likeness (QED) is 0.897. The smallest absolute Gasteiger partial charge is 0.220 e. The summed E-state index contributed by atoms with van der Waals surface area (Å²) in [5, 5.41) is 6.30. The number of nitrogens with one attached hydrogen (secondary N) is 2. The molecule has 3 nitrogen and oxygen atoms in total. The van der Waals surface area contributed by atoms with Crippen molar-refractivity contribution < 1.29 is 9.18 Å². The zero-order valence-corrected chi connectivity index (χ0v) is 12.5. The fourth-order valence-electron chi connectivity index (χ4n) is 2.52. The van der Waals surface area contributed by atoms with Gasteiger partial charge >= 0.3 is 0 Å². The summed E-state index contributed by atoms with van der Waals surface area (Å²) in [6.45, 7) is 3.79. The lowest BCUT2D eigenvalue weighted by molar-refractivity contribution is -0.122. The summed E-state index contributed by atoms with van der Waals surface area (Å²) in [4.78, 5) is 12.0. The van der Waals surface area contributed by atoms with Crippen molar-refractivity contribution in [2.45, 2.75) is 38.1 Å². The monoisotopic (exact) mass is 300 g/mol. The highest BCUT2D eigenvalue weighted by atomic mass is 35.5. The second-order valence-electron chi connectivity index (χ2n) is 5.22. The Morgan fingerprint density at radius 1 is 1.40 bits per heavy atom. The van der Waals surface area contributed by atoms with Crippen molar-refractivity contribution in [1.29, 1.82) is 0 Å². The van der Waals surface area contributed by atoms with E-state index in [0.717, 1.165) is 25.9 Å². The molecule has 0 aliphatic carbocycles. The lowest BCUT2D eigenvalue weighted by Gasteiger charge is -2.24. The number of amides is 1. The second kappa shape index (κ2) is 8.22. The van der Waals surface area contributed by atoms with Crippen molar-refractivity contribution >= 4 is 18.3 Å². The van der Waals surface area contributed by atoms with E-state index >= 15 is 0 Å². The van der Waals surface area contributed by atoms with Crippen molar-refractivity contribution in [3.63, 3.8) is 0 Å². The molecule has 1 atom stereocenters. The van der Waals surface area contributed by atoms with Crippen molar-refractivity contribution in [1.82, 2.24) is 10.6 Å². The number of halogens is 2. The molecule has 2 rings (SSSR count). The van der Waals surface area contributed by atoms with Gasteiger partial charge in [0.15, 0.2) is 0 Å². The predicted octanol–water partition coefficient (Wildman–Crippen LogP) is 2.61. The van der Waals surface area contributed by atoms with Crippen LogP contribution in [0, 0.1) is 5.82 Å². The van der Waals surface area contributed by atoms with Gasteiger partial charge in [0.05, 0.1) is 0 Å². The van der Waals surface area contributed by atoms with E-state index < -0.39 is 0 Å². The summed E-state index contributed by atoms with van der Waals surface area (Å²) in [7, 11) is 0. The first-order valence-corrected chi connectivity index (χ1v) is 6.91. The lowest BCUT2D eigenvalue weighted by Crippen LogP contribution is -2.42. The highest BCUT2D eigenvalue weighted by Gasteiger charge is 2.18. The topological polar surface area (TPSA) is 41.1 Å². The van der Waals surface area contributed by atoms with Gasteiger partial charge in [-0.1, -0.05) is 25.1 Å². The molecule has 0 saturated carbocycles. The minimum Gasteiger partial charge on any atom is -0.353 e. The minimum absolute atomic E-state index is 0. The first kappa shape index (κ1) is 16.9. The van der Waals surface area contributed by atoms with Gasteiger partial charge in [0.25, 0.3) is 0 Å². The third-order valence-corrected chi connectivity index (χ3v) is 3.63. The molecule has 1 amide bonds. The van der Waals surface area contributed by atoms with Crippen LogP contribution in [0.4, 0.5) is 4.39 Å². The maximum atomic E-state index is 13.6. The molecule has 1 saturated heterocycles. The highest BCUT2D eigenvalue weighted by Crippen LogP contribution is 2.21. The molecule has 1 unspecified atom stereocenters. The molecule has 1 heterocycles. The fraction of sp³-hybridized carbons (Fsp3) is 0.533. The van der Waals surface area contributed by atoms with Gasteiger partial charge in [-0.25, -0.2) is 4.39 Å². The molecule has 1 aromatic carbocycles. The molecular formula is C15H22ClFN2O. The highest BCUT2D eigenvalue weighted by molar-refractivity contribution is 5.85. The van der Waals surface area contributed by atoms with E-state index in [2.05, 4.69) is 10.6 Å². The van der Waals surface area contributed by atoms with Crippen molar-refractivity contribution in [3.05, 3.63) is 35.6 Å². The summed E-state index contributed by atoms with van der Waals surface area (Å²) in [5.41, 5.74) is 0.614. The maximum absolute atomic E-state index is 13.6. The molecule has 1 aromatic rings. The van der Waals surface area contributed by atoms with Crippen molar-refractivity contribution in [2.75, 3.05) is 13.1 Å². The van der Waals surface area contributed by atoms with Crippen molar-refractivity contribution in [3.8, 4) is 0 Å². The van der Waals surface area contributed by atoms with E-state index in [1.54, 1.807) is 18.2 Å². The summed E-state index contributed by atoms with van der Waals surface area (Å²) < 4.78 is 13.6. The minimum atomic E-state index is -0.232. The molecule has 112 valence electrons. The van der Waals surface area contributed by atoms with Crippen LogP contribution < -0.4 is 10.6 Å². The number of carbonyl (C=O) groups is 1. The Hall–Kier alpha value is -1.13. The fourth-order valence-corrected chi connectivity index (χ4v) is 2.52. The normalized spacial score (nSPS) is 17.1. The van der Waals surface area contributed by atoms with Gasteiger partial charge in [0, 0.05) is 12.5 Å². The molecule has 0 aromatic heterocycles. The van der Waals surface area contributed by atoms with Gasteiger partial charge in [0.2, 0.25) is 5.91 Å². The van der Waals surface area contributed by atoms with Crippen LogP contribution in [0.15, 0.2) is 24.3 Å².